The van der Waals surface area contributed by atoms with Crippen LogP contribution in [0.2, 0.25) is 0 Å². The summed E-state index contributed by atoms with van der Waals surface area (Å²) in [6, 6.07) is 7.77. The van der Waals surface area contributed by atoms with Gasteiger partial charge in [0.25, 0.3) is 0 Å². The van der Waals surface area contributed by atoms with E-state index in [-0.39, 0.29) is 5.76 Å². The second-order valence-electron chi connectivity index (χ2n) is 5.96. The van der Waals surface area contributed by atoms with Gasteiger partial charge in [0.15, 0.2) is 0 Å². The molecule has 0 N–H and O–H groups in total. The van der Waals surface area contributed by atoms with Crippen molar-refractivity contribution in [3.05, 3.63) is 53.7 Å². The third kappa shape index (κ3) is 4.45. The van der Waals surface area contributed by atoms with Gasteiger partial charge in [-0.2, -0.15) is 5.10 Å². The third-order valence-corrected chi connectivity index (χ3v) is 4.28. The predicted octanol–water partition coefficient (Wildman–Crippen LogP) is 4.12. The summed E-state index contributed by atoms with van der Waals surface area (Å²) < 4.78 is 17.2. The predicted molar refractivity (Wildman–Crippen MR) is 99.4 cm³/mol. The van der Waals surface area contributed by atoms with E-state index in [0.29, 0.717) is 11.7 Å². The Hall–Kier alpha value is -2.76. The van der Waals surface area contributed by atoms with E-state index >= 15 is 0 Å². The molecule has 26 heavy (non-hydrogen) atoms. The Morgan fingerprint density at radius 3 is 2.58 bits per heavy atom. The quantitative estimate of drug-likeness (QED) is 0.403. The summed E-state index contributed by atoms with van der Waals surface area (Å²) in [7, 11) is 2.74. The molecule has 0 saturated heterocycles. The number of carbonyl (C=O) groups is 1. The molecule has 1 aromatic heterocycles. The Kier molecular flexibility index (Phi) is 6.83. The van der Waals surface area contributed by atoms with Gasteiger partial charge in [-0.15, -0.1) is 0 Å². The van der Waals surface area contributed by atoms with Crippen LogP contribution in [0, 0.1) is 6.92 Å². The maximum atomic E-state index is 11.8. The van der Waals surface area contributed by atoms with Gasteiger partial charge in [0.2, 0.25) is 5.76 Å². The Labute approximate surface area is 154 Å². The highest BCUT2D eigenvalue weighted by atomic mass is 16.6. The molecule has 6 heteroatoms. The van der Waals surface area contributed by atoms with Crippen molar-refractivity contribution in [2.24, 2.45) is 0 Å². The van der Waals surface area contributed by atoms with Gasteiger partial charge in [-0.05, 0) is 37.5 Å². The number of carbonyl (C=O) groups excluding carboxylic acids is 1. The zero-order valence-corrected chi connectivity index (χ0v) is 16.0. The fourth-order valence-electron chi connectivity index (χ4n) is 2.69. The zero-order chi connectivity index (χ0) is 19.1. The van der Waals surface area contributed by atoms with Gasteiger partial charge in [0.1, 0.15) is 12.0 Å². The molecule has 6 nitrogen and oxygen atoms in total. The third-order valence-electron chi connectivity index (χ3n) is 4.28. The summed E-state index contributed by atoms with van der Waals surface area (Å²) >= 11 is 0. The van der Waals surface area contributed by atoms with Crippen molar-refractivity contribution in [3.8, 4) is 11.4 Å². The molecule has 0 unspecified atom stereocenters. The molecular formula is C20H26N2O4. The van der Waals surface area contributed by atoms with Crippen molar-refractivity contribution >= 4 is 5.97 Å². The molecule has 0 saturated carbocycles. The topological polar surface area (TPSA) is 62.6 Å². The number of ether oxygens (including phenoxy) is 3. The molecule has 0 amide bonds. The van der Waals surface area contributed by atoms with E-state index in [1.807, 2.05) is 42.1 Å². The summed E-state index contributed by atoms with van der Waals surface area (Å²) in [4.78, 5) is 11.8. The standard InChI is InChI=1S/C20H26N2O4/c1-6-15(7-2)17-10-11-22(21-17)16-9-8-14(3)18(12-16)26-19(13-24-4)20(23)25-5/h8-13,15H,6-7H2,1-5H3/b19-13-. The van der Waals surface area contributed by atoms with E-state index in [1.165, 1.54) is 20.5 Å². The molecular weight excluding hydrogens is 332 g/mol. The van der Waals surface area contributed by atoms with Crippen LogP contribution in [0.5, 0.6) is 5.75 Å². The second-order valence-corrected chi connectivity index (χ2v) is 5.96. The largest absolute Gasteiger partial charge is 0.500 e. The number of esters is 1. The number of hydrogen-bond donors (Lipinski definition) is 0. The monoisotopic (exact) mass is 358 g/mol. The maximum Gasteiger partial charge on any atom is 0.377 e. The van der Waals surface area contributed by atoms with Gasteiger partial charge in [-0.1, -0.05) is 19.9 Å². The van der Waals surface area contributed by atoms with Crippen LogP contribution in [0.4, 0.5) is 0 Å². The van der Waals surface area contributed by atoms with E-state index in [0.717, 1.165) is 29.8 Å². The minimum Gasteiger partial charge on any atom is -0.500 e. The van der Waals surface area contributed by atoms with Crippen molar-refractivity contribution in [1.82, 2.24) is 9.78 Å². The molecule has 0 bridgehead atoms. The highest BCUT2D eigenvalue weighted by Gasteiger charge is 2.16. The average molecular weight is 358 g/mol. The van der Waals surface area contributed by atoms with Crippen LogP contribution in [-0.2, 0) is 14.3 Å². The summed E-state index contributed by atoms with van der Waals surface area (Å²) in [5, 5.41) is 4.69. The normalized spacial score (nSPS) is 11.5. The highest BCUT2D eigenvalue weighted by Crippen LogP contribution is 2.26. The Morgan fingerprint density at radius 2 is 1.96 bits per heavy atom. The lowest BCUT2D eigenvalue weighted by atomic mass is 10.0. The van der Waals surface area contributed by atoms with Gasteiger partial charge in [0.05, 0.1) is 25.6 Å². The van der Waals surface area contributed by atoms with Crippen LogP contribution in [0.15, 0.2) is 42.5 Å². The number of nitrogens with zero attached hydrogens (tertiary/aromatic N) is 2. The number of hydrogen-bond acceptors (Lipinski definition) is 5. The first-order valence-electron chi connectivity index (χ1n) is 8.69. The first-order valence-corrected chi connectivity index (χ1v) is 8.69. The molecule has 0 fully saturated rings. The molecule has 1 aromatic carbocycles. The molecule has 0 aliphatic heterocycles. The van der Waals surface area contributed by atoms with Crippen LogP contribution in [0.25, 0.3) is 5.69 Å². The van der Waals surface area contributed by atoms with Gasteiger partial charge < -0.3 is 14.2 Å². The smallest absolute Gasteiger partial charge is 0.377 e. The maximum absolute atomic E-state index is 11.8. The summed E-state index contributed by atoms with van der Waals surface area (Å²) in [6.07, 6.45) is 5.27. The van der Waals surface area contributed by atoms with Crippen LogP contribution in [-0.4, -0.2) is 30.0 Å². The van der Waals surface area contributed by atoms with Crippen LogP contribution in [0.1, 0.15) is 43.9 Å². The Balaban J connectivity index is 2.32. The van der Waals surface area contributed by atoms with Gasteiger partial charge in [0, 0.05) is 18.2 Å². The first-order chi connectivity index (χ1) is 12.5. The van der Waals surface area contributed by atoms with E-state index < -0.39 is 5.97 Å². The number of aryl methyl sites for hydroxylation is 1. The van der Waals surface area contributed by atoms with Crippen molar-refractivity contribution in [3.63, 3.8) is 0 Å². The number of methoxy groups -OCH3 is 2. The van der Waals surface area contributed by atoms with Crippen LogP contribution in [0.3, 0.4) is 0 Å². The lowest BCUT2D eigenvalue weighted by Crippen LogP contribution is -2.12. The molecule has 2 rings (SSSR count). The SMILES string of the molecule is CCC(CC)c1ccn(-c2ccc(C)c(O/C(=C\OC)C(=O)OC)c2)n1. The van der Waals surface area contributed by atoms with Crippen molar-refractivity contribution in [2.45, 2.75) is 39.5 Å². The van der Waals surface area contributed by atoms with E-state index in [2.05, 4.69) is 13.8 Å². The van der Waals surface area contributed by atoms with Crippen LogP contribution < -0.4 is 4.74 Å². The van der Waals surface area contributed by atoms with Gasteiger partial charge in [-0.3, -0.25) is 0 Å². The van der Waals surface area contributed by atoms with E-state index in [4.69, 9.17) is 19.3 Å². The Bertz CT molecular complexity index is 776. The van der Waals surface area contributed by atoms with E-state index in [1.54, 1.807) is 0 Å². The molecule has 1 heterocycles. The van der Waals surface area contributed by atoms with Crippen molar-refractivity contribution in [1.29, 1.82) is 0 Å². The summed E-state index contributed by atoms with van der Waals surface area (Å²) in [6.45, 7) is 6.24. The average Bonchev–Trinajstić information content (AvgIpc) is 3.13. The number of aromatic nitrogens is 2. The molecule has 0 radical (unpaired) electrons. The lowest BCUT2D eigenvalue weighted by Gasteiger charge is -2.12. The van der Waals surface area contributed by atoms with E-state index in [9.17, 15) is 4.79 Å². The van der Waals surface area contributed by atoms with Crippen LogP contribution >= 0.6 is 0 Å². The lowest BCUT2D eigenvalue weighted by molar-refractivity contribution is -0.138. The van der Waals surface area contributed by atoms with Gasteiger partial charge >= 0.3 is 5.97 Å². The zero-order valence-electron chi connectivity index (χ0n) is 16.0. The first kappa shape index (κ1) is 19.6. The van der Waals surface area contributed by atoms with Gasteiger partial charge in [-0.25, -0.2) is 9.48 Å². The molecule has 0 spiro atoms. The second kappa shape index (κ2) is 9.08. The van der Waals surface area contributed by atoms with Crippen molar-refractivity contribution < 1.29 is 19.0 Å². The molecule has 0 aliphatic carbocycles. The highest BCUT2D eigenvalue weighted by molar-refractivity contribution is 5.86. The minimum atomic E-state index is -0.605. The fraction of sp³-hybridized carbons (Fsp3) is 0.400. The fourth-order valence-corrected chi connectivity index (χ4v) is 2.69. The van der Waals surface area contributed by atoms with Crippen molar-refractivity contribution in [2.75, 3.05) is 14.2 Å². The minimum absolute atomic E-state index is 0.0200. The molecule has 140 valence electrons. The summed E-state index contributed by atoms with van der Waals surface area (Å²) in [5.74, 6) is 0.365. The molecule has 2 aromatic rings. The summed E-state index contributed by atoms with van der Waals surface area (Å²) in [5.41, 5.74) is 2.81. The number of benzene rings is 1. The molecule has 0 aliphatic rings. The Morgan fingerprint density at radius 1 is 1.23 bits per heavy atom. The number of rotatable bonds is 8. The molecule has 0 atom stereocenters.